The Morgan fingerprint density at radius 3 is 2.64 bits per heavy atom. The Labute approximate surface area is 195 Å². The number of nitrogens with zero attached hydrogens (tertiary/aromatic N) is 3. The summed E-state index contributed by atoms with van der Waals surface area (Å²) in [5.74, 6) is 1.81. The third-order valence-electron chi connectivity index (χ3n) is 8.04. The molecule has 8 nitrogen and oxygen atoms in total. The van der Waals surface area contributed by atoms with Gasteiger partial charge >= 0.3 is 5.56 Å². The highest BCUT2D eigenvalue weighted by Crippen LogP contribution is 2.61. The van der Waals surface area contributed by atoms with Gasteiger partial charge in [-0.2, -0.15) is 5.10 Å². The molecule has 0 saturated heterocycles. The number of hydrogen-bond acceptors (Lipinski definition) is 6. The zero-order valence-electron chi connectivity index (χ0n) is 20.2. The third-order valence-corrected chi connectivity index (χ3v) is 8.04. The van der Waals surface area contributed by atoms with Crippen molar-refractivity contribution in [3.8, 4) is 5.75 Å². The van der Waals surface area contributed by atoms with E-state index in [1.165, 1.54) is 13.5 Å². The van der Waals surface area contributed by atoms with Crippen LogP contribution in [0.5, 0.6) is 5.75 Å². The Kier molecular flexibility index (Phi) is 6.45. The molecule has 5 rings (SSSR count). The Morgan fingerprint density at radius 2 is 2.03 bits per heavy atom. The van der Waals surface area contributed by atoms with Gasteiger partial charge in [0, 0.05) is 18.4 Å². The van der Waals surface area contributed by atoms with Crippen LogP contribution in [0.1, 0.15) is 58.6 Å². The van der Waals surface area contributed by atoms with E-state index in [4.69, 9.17) is 4.74 Å². The van der Waals surface area contributed by atoms with E-state index in [-0.39, 0.29) is 30.3 Å². The van der Waals surface area contributed by atoms with E-state index in [0.29, 0.717) is 28.9 Å². The summed E-state index contributed by atoms with van der Waals surface area (Å²) in [5.41, 5.74) is 1.55. The van der Waals surface area contributed by atoms with Gasteiger partial charge in [0.25, 0.3) is 0 Å². The second kappa shape index (κ2) is 9.15. The van der Waals surface area contributed by atoms with Crippen molar-refractivity contribution >= 4 is 11.6 Å². The van der Waals surface area contributed by atoms with Crippen molar-refractivity contribution in [2.75, 3.05) is 12.4 Å². The SMILES string of the molecule is CCC(NC(=O)Cn1ncc(NC2C[C@@H]3CC([C@H]2C)C3(C)C)c(OC)c1=O)c1ccncc1. The van der Waals surface area contributed by atoms with E-state index in [9.17, 15) is 9.59 Å². The van der Waals surface area contributed by atoms with Crippen molar-refractivity contribution in [1.82, 2.24) is 20.1 Å². The van der Waals surface area contributed by atoms with E-state index in [2.05, 4.69) is 41.5 Å². The second-order valence-electron chi connectivity index (χ2n) is 10.1. The highest BCUT2D eigenvalue weighted by atomic mass is 16.5. The largest absolute Gasteiger partial charge is 0.490 e. The number of amides is 1. The van der Waals surface area contributed by atoms with Crippen molar-refractivity contribution in [3.63, 3.8) is 0 Å². The first kappa shape index (κ1) is 23.3. The van der Waals surface area contributed by atoms with Gasteiger partial charge in [0.05, 0.1) is 19.3 Å². The summed E-state index contributed by atoms with van der Waals surface area (Å²) < 4.78 is 6.61. The zero-order chi connectivity index (χ0) is 23.8. The first-order chi connectivity index (χ1) is 15.8. The molecule has 2 N–H and O–H groups in total. The van der Waals surface area contributed by atoms with E-state index >= 15 is 0 Å². The number of pyridine rings is 1. The highest BCUT2D eigenvalue weighted by molar-refractivity contribution is 5.76. The molecule has 3 aliphatic rings. The van der Waals surface area contributed by atoms with Gasteiger partial charge < -0.3 is 15.4 Å². The maximum atomic E-state index is 13.0. The molecule has 0 aromatic carbocycles. The van der Waals surface area contributed by atoms with Gasteiger partial charge in [-0.3, -0.25) is 14.6 Å². The molecule has 178 valence electrons. The summed E-state index contributed by atoms with van der Waals surface area (Å²) >= 11 is 0. The Balaban J connectivity index is 1.45. The van der Waals surface area contributed by atoms with Crippen LogP contribution in [0.3, 0.4) is 0 Å². The van der Waals surface area contributed by atoms with Gasteiger partial charge in [0.15, 0.2) is 0 Å². The quantitative estimate of drug-likeness (QED) is 0.636. The number of rotatable bonds is 8. The van der Waals surface area contributed by atoms with E-state index in [1.807, 2.05) is 19.1 Å². The number of anilines is 1. The van der Waals surface area contributed by atoms with E-state index in [0.717, 1.165) is 23.1 Å². The standard InChI is InChI=1S/C25H35N5O3/c1-6-19(16-7-9-26-10-8-16)29-22(31)14-30-24(32)23(33-5)21(13-27-30)28-20-12-17-11-18(15(20)2)25(17,3)4/h7-10,13,15,17-20,28H,6,11-12,14H2,1-5H3,(H,29,31)/t15-,17+,18?,19?,20?/m1/s1. The number of ether oxygens (including phenoxy) is 1. The molecule has 0 radical (unpaired) electrons. The molecule has 2 heterocycles. The summed E-state index contributed by atoms with van der Waals surface area (Å²) in [4.78, 5) is 29.7. The zero-order valence-corrected chi connectivity index (χ0v) is 20.2. The molecule has 0 aliphatic heterocycles. The monoisotopic (exact) mass is 453 g/mol. The highest BCUT2D eigenvalue weighted by Gasteiger charge is 2.56. The van der Waals surface area contributed by atoms with Crippen LogP contribution < -0.4 is 20.9 Å². The van der Waals surface area contributed by atoms with Crippen LogP contribution in [0.2, 0.25) is 0 Å². The lowest BCUT2D eigenvalue weighted by Gasteiger charge is -2.62. The smallest absolute Gasteiger partial charge is 0.311 e. The van der Waals surface area contributed by atoms with Crippen LogP contribution in [-0.4, -0.2) is 33.8 Å². The van der Waals surface area contributed by atoms with Crippen molar-refractivity contribution in [2.24, 2.45) is 23.2 Å². The van der Waals surface area contributed by atoms with Gasteiger partial charge in [0.1, 0.15) is 12.2 Å². The predicted octanol–water partition coefficient (Wildman–Crippen LogP) is 3.40. The first-order valence-electron chi connectivity index (χ1n) is 11.9. The van der Waals surface area contributed by atoms with Crippen LogP contribution in [0, 0.1) is 23.2 Å². The number of hydrogen-bond donors (Lipinski definition) is 2. The number of carbonyl (C=O) groups is 1. The van der Waals surface area contributed by atoms with Crippen molar-refractivity contribution in [3.05, 3.63) is 46.6 Å². The summed E-state index contributed by atoms with van der Waals surface area (Å²) in [6, 6.07) is 3.88. The summed E-state index contributed by atoms with van der Waals surface area (Å²) in [5, 5.41) is 10.8. The van der Waals surface area contributed by atoms with E-state index < -0.39 is 5.56 Å². The molecule has 2 bridgehead atoms. The second-order valence-corrected chi connectivity index (χ2v) is 10.1. The minimum Gasteiger partial charge on any atom is -0.490 e. The third kappa shape index (κ3) is 4.35. The van der Waals surface area contributed by atoms with Gasteiger partial charge in [-0.05, 0) is 60.1 Å². The van der Waals surface area contributed by atoms with Crippen LogP contribution >= 0.6 is 0 Å². The van der Waals surface area contributed by atoms with Crippen LogP contribution in [0.25, 0.3) is 0 Å². The minimum absolute atomic E-state index is 0.150. The molecular weight excluding hydrogens is 418 g/mol. The average Bonchev–Trinajstić information content (AvgIpc) is 2.80. The van der Waals surface area contributed by atoms with Gasteiger partial charge in [-0.1, -0.05) is 27.7 Å². The predicted molar refractivity (Wildman–Crippen MR) is 127 cm³/mol. The maximum Gasteiger partial charge on any atom is 0.311 e. The molecule has 2 aromatic rings. The molecule has 1 amide bonds. The van der Waals surface area contributed by atoms with Gasteiger partial charge in [0.2, 0.25) is 11.7 Å². The number of aromatic nitrogens is 3. The van der Waals surface area contributed by atoms with E-state index in [1.54, 1.807) is 18.6 Å². The number of methoxy groups -OCH3 is 1. The summed E-state index contributed by atoms with van der Waals surface area (Å²) in [6.45, 7) is 8.85. The lowest BCUT2D eigenvalue weighted by atomic mass is 9.45. The van der Waals surface area contributed by atoms with Crippen molar-refractivity contribution < 1.29 is 9.53 Å². The molecule has 8 heteroatoms. The lowest BCUT2D eigenvalue weighted by Crippen LogP contribution is -2.58. The summed E-state index contributed by atoms with van der Waals surface area (Å²) in [7, 11) is 1.48. The molecule has 33 heavy (non-hydrogen) atoms. The van der Waals surface area contributed by atoms with Crippen molar-refractivity contribution in [2.45, 2.75) is 65.6 Å². The number of nitrogens with one attached hydrogen (secondary N) is 2. The molecule has 2 aromatic heterocycles. The molecule has 3 saturated carbocycles. The molecule has 3 aliphatic carbocycles. The van der Waals surface area contributed by atoms with Crippen LogP contribution in [0.15, 0.2) is 35.5 Å². The topological polar surface area (TPSA) is 98.1 Å². The fourth-order valence-electron chi connectivity index (χ4n) is 5.82. The average molecular weight is 454 g/mol. The molecule has 0 spiro atoms. The summed E-state index contributed by atoms with van der Waals surface area (Å²) in [6.07, 6.45) is 8.09. The van der Waals surface area contributed by atoms with Gasteiger partial charge in [-0.15, -0.1) is 0 Å². The fraction of sp³-hybridized carbons (Fsp3) is 0.600. The molecule has 5 atom stereocenters. The lowest BCUT2D eigenvalue weighted by molar-refractivity contribution is -0.122. The van der Waals surface area contributed by atoms with Gasteiger partial charge in [-0.25, -0.2) is 4.68 Å². The molecule has 3 fully saturated rings. The van der Waals surface area contributed by atoms with Crippen LogP contribution in [-0.2, 0) is 11.3 Å². The minimum atomic E-state index is -0.413. The maximum absolute atomic E-state index is 13.0. The number of carbonyl (C=O) groups excluding carboxylic acids is 1. The number of fused-ring (bicyclic) bond motifs is 2. The fourth-order valence-corrected chi connectivity index (χ4v) is 5.82. The molecule has 3 unspecified atom stereocenters. The first-order valence-corrected chi connectivity index (χ1v) is 11.9. The Morgan fingerprint density at radius 1 is 1.30 bits per heavy atom. The van der Waals surface area contributed by atoms with Crippen LogP contribution in [0.4, 0.5) is 5.69 Å². The normalized spacial score (nSPS) is 26.1. The Bertz CT molecular complexity index is 1050. The molecular formula is C25H35N5O3. The van der Waals surface area contributed by atoms with Crippen molar-refractivity contribution in [1.29, 1.82) is 0 Å². The Hall–Kier alpha value is -2.90.